The minimum atomic E-state index is -0.0816. The molecule has 1 saturated carbocycles. The van der Waals surface area contributed by atoms with E-state index in [2.05, 4.69) is 33.0 Å². The molecule has 1 amide bonds. The van der Waals surface area contributed by atoms with Crippen molar-refractivity contribution in [3.8, 4) is 5.75 Å². The maximum atomic E-state index is 12.5. The summed E-state index contributed by atoms with van der Waals surface area (Å²) in [7, 11) is 0. The van der Waals surface area contributed by atoms with Crippen molar-refractivity contribution >= 4 is 5.91 Å². The maximum Gasteiger partial charge on any atom is 0.251 e. The Morgan fingerprint density at radius 2 is 1.76 bits per heavy atom. The number of phenols is 1. The van der Waals surface area contributed by atoms with Crippen LogP contribution in [0.5, 0.6) is 5.75 Å². The van der Waals surface area contributed by atoms with Gasteiger partial charge in [-0.05, 0) is 49.1 Å². The number of rotatable bonds is 2. The molecule has 0 aliphatic heterocycles. The number of carbonyl (C=O) groups is 1. The first-order valence-electron chi connectivity index (χ1n) is 7.69. The molecule has 3 heteroatoms. The summed E-state index contributed by atoms with van der Waals surface area (Å²) in [6.45, 7) is 10.9. The Morgan fingerprint density at radius 3 is 2.33 bits per heavy atom. The summed E-state index contributed by atoms with van der Waals surface area (Å²) in [4.78, 5) is 12.5. The summed E-state index contributed by atoms with van der Waals surface area (Å²) in [6.07, 6.45) is 3.18. The van der Waals surface area contributed by atoms with Crippen molar-refractivity contribution in [3.05, 3.63) is 29.3 Å². The molecule has 0 saturated heterocycles. The third-order valence-electron chi connectivity index (χ3n) is 4.44. The van der Waals surface area contributed by atoms with Gasteiger partial charge in [-0.2, -0.15) is 0 Å². The fourth-order valence-electron chi connectivity index (χ4n) is 4.08. The molecule has 116 valence electrons. The highest BCUT2D eigenvalue weighted by molar-refractivity contribution is 5.96. The zero-order chi connectivity index (χ0) is 15.8. The monoisotopic (exact) mass is 289 g/mol. The van der Waals surface area contributed by atoms with Gasteiger partial charge in [0.25, 0.3) is 5.91 Å². The van der Waals surface area contributed by atoms with E-state index in [1.54, 1.807) is 25.1 Å². The van der Waals surface area contributed by atoms with Gasteiger partial charge in [0.2, 0.25) is 0 Å². The van der Waals surface area contributed by atoms with E-state index < -0.39 is 0 Å². The zero-order valence-electron chi connectivity index (χ0n) is 13.8. The van der Waals surface area contributed by atoms with E-state index in [0.29, 0.717) is 11.1 Å². The van der Waals surface area contributed by atoms with E-state index in [1.165, 1.54) is 6.42 Å². The molecule has 0 heterocycles. The molecule has 1 aromatic carbocycles. The molecule has 2 N–H and O–H groups in total. The summed E-state index contributed by atoms with van der Waals surface area (Å²) in [5, 5.41) is 12.9. The van der Waals surface area contributed by atoms with Gasteiger partial charge in [0.05, 0.1) is 0 Å². The number of carbonyl (C=O) groups excluding carboxylic acids is 1. The van der Waals surface area contributed by atoms with Gasteiger partial charge in [0.15, 0.2) is 0 Å². The third-order valence-corrected chi connectivity index (χ3v) is 4.44. The summed E-state index contributed by atoms with van der Waals surface area (Å²) in [6, 6.07) is 5.28. The molecular formula is C18H27NO2. The van der Waals surface area contributed by atoms with Crippen molar-refractivity contribution in [2.45, 2.75) is 59.9 Å². The summed E-state index contributed by atoms with van der Waals surface area (Å²) < 4.78 is 0. The van der Waals surface area contributed by atoms with Crippen LogP contribution < -0.4 is 5.32 Å². The van der Waals surface area contributed by atoms with Crippen molar-refractivity contribution in [3.63, 3.8) is 0 Å². The van der Waals surface area contributed by atoms with Gasteiger partial charge < -0.3 is 10.4 Å². The van der Waals surface area contributed by atoms with Gasteiger partial charge in [0, 0.05) is 17.2 Å². The van der Waals surface area contributed by atoms with Crippen molar-refractivity contribution in [2.75, 3.05) is 0 Å². The molecule has 2 rings (SSSR count). The molecular weight excluding hydrogens is 262 g/mol. The summed E-state index contributed by atoms with van der Waals surface area (Å²) >= 11 is 0. The SMILES string of the molecule is Cc1c(O)cccc1C(=O)NC1CC(C)(C)CC(C)(C)C1. The van der Waals surface area contributed by atoms with E-state index >= 15 is 0 Å². The van der Waals surface area contributed by atoms with Gasteiger partial charge in [0.1, 0.15) is 5.75 Å². The average molecular weight is 289 g/mol. The van der Waals surface area contributed by atoms with Crippen LogP contribution in [0, 0.1) is 17.8 Å². The van der Waals surface area contributed by atoms with Crippen LogP contribution in [0.2, 0.25) is 0 Å². The highest BCUT2D eigenvalue weighted by atomic mass is 16.3. The first-order chi connectivity index (χ1) is 9.60. The molecule has 1 fully saturated rings. The Kier molecular flexibility index (Phi) is 4.05. The number of phenolic OH excluding ortho intramolecular Hbond substituents is 1. The van der Waals surface area contributed by atoms with Gasteiger partial charge in [-0.25, -0.2) is 0 Å². The van der Waals surface area contributed by atoms with Crippen molar-refractivity contribution < 1.29 is 9.90 Å². The first kappa shape index (κ1) is 15.9. The van der Waals surface area contributed by atoms with Gasteiger partial charge in [-0.15, -0.1) is 0 Å². The van der Waals surface area contributed by atoms with E-state index in [1.807, 2.05) is 0 Å². The molecule has 0 bridgehead atoms. The van der Waals surface area contributed by atoms with Crippen molar-refractivity contribution in [1.29, 1.82) is 0 Å². The van der Waals surface area contributed by atoms with Crippen LogP contribution in [0.15, 0.2) is 18.2 Å². The largest absolute Gasteiger partial charge is 0.508 e. The number of benzene rings is 1. The molecule has 21 heavy (non-hydrogen) atoms. The van der Waals surface area contributed by atoms with Crippen LogP contribution in [0.3, 0.4) is 0 Å². The highest BCUT2D eigenvalue weighted by Crippen LogP contribution is 2.45. The predicted molar refractivity (Wildman–Crippen MR) is 85.5 cm³/mol. The second kappa shape index (κ2) is 5.36. The lowest BCUT2D eigenvalue weighted by atomic mass is 9.63. The van der Waals surface area contributed by atoms with E-state index in [0.717, 1.165) is 12.8 Å². The lowest BCUT2D eigenvalue weighted by Crippen LogP contribution is -2.46. The maximum absolute atomic E-state index is 12.5. The summed E-state index contributed by atoms with van der Waals surface area (Å²) in [5.41, 5.74) is 1.70. The van der Waals surface area contributed by atoms with Crippen LogP contribution in [-0.2, 0) is 0 Å². The lowest BCUT2D eigenvalue weighted by Gasteiger charge is -2.45. The molecule has 0 atom stereocenters. The minimum Gasteiger partial charge on any atom is -0.508 e. The molecule has 1 aliphatic carbocycles. The Hall–Kier alpha value is -1.51. The third kappa shape index (κ3) is 3.78. The molecule has 0 spiro atoms. The molecule has 1 aromatic rings. The van der Waals surface area contributed by atoms with Crippen LogP contribution in [0.4, 0.5) is 0 Å². The van der Waals surface area contributed by atoms with Gasteiger partial charge in [-0.3, -0.25) is 4.79 Å². The zero-order valence-corrected chi connectivity index (χ0v) is 13.8. The fourth-order valence-corrected chi connectivity index (χ4v) is 4.08. The Bertz CT molecular complexity index is 530. The highest BCUT2D eigenvalue weighted by Gasteiger charge is 2.39. The van der Waals surface area contributed by atoms with Crippen LogP contribution in [-0.4, -0.2) is 17.1 Å². The van der Waals surface area contributed by atoms with E-state index in [4.69, 9.17) is 0 Å². The molecule has 3 nitrogen and oxygen atoms in total. The molecule has 0 aromatic heterocycles. The topological polar surface area (TPSA) is 49.3 Å². The van der Waals surface area contributed by atoms with Crippen LogP contribution in [0.1, 0.15) is 62.9 Å². The van der Waals surface area contributed by atoms with E-state index in [-0.39, 0.29) is 28.5 Å². The van der Waals surface area contributed by atoms with E-state index in [9.17, 15) is 9.90 Å². The van der Waals surface area contributed by atoms with Crippen molar-refractivity contribution in [1.82, 2.24) is 5.32 Å². The molecule has 1 aliphatic rings. The smallest absolute Gasteiger partial charge is 0.251 e. The standard InChI is InChI=1S/C18H27NO2/c1-12-14(7-6-8-15(12)20)16(21)19-13-9-17(2,3)11-18(4,5)10-13/h6-8,13,20H,9-11H2,1-5H3,(H,19,21). The summed E-state index contributed by atoms with van der Waals surface area (Å²) in [5.74, 6) is 0.0915. The normalized spacial score (nSPS) is 21.0. The van der Waals surface area contributed by atoms with Crippen molar-refractivity contribution in [2.24, 2.45) is 10.8 Å². The van der Waals surface area contributed by atoms with Crippen LogP contribution >= 0.6 is 0 Å². The second-order valence-electron chi connectivity index (χ2n) is 8.03. The minimum absolute atomic E-state index is 0.0816. The quantitative estimate of drug-likeness (QED) is 0.863. The number of nitrogens with one attached hydrogen (secondary N) is 1. The Morgan fingerprint density at radius 1 is 1.19 bits per heavy atom. The number of aromatic hydroxyl groups is 1. The Labute approximate surface area is 127 Å². The molecule has 0 radical (unpaired) electrons. The number of hydrogen-bond acceptors (Lipinski definition) is 2. The first-order valence-corrected chi connectivity index (χ1v) is 7.69. The number of amides is 1. The fraction of sp³-hybridized carbons (Fsp3) is 0.611. The van der Waals surface area contributed by atoms with Gasteiger partial charge >= 0.3 is 0 Å². The lowest BCUT2D eigenvalue weighted by molar-refractivity contribution is 0.0713. The number of hydrogen-bond donors (Lipinski definition) is 2. The average Bonchev–Trinajstić information content (AvgIpc) is 2.28. The molecule has 0 unspecified atom stereocenters. The Balaban J connectivity index is 2.14. The van der Waals surface area contributed by atoms with Gasteiger partial charge in [-0.1, -0.05) is 33.8 Å². The predicted octanol–water partition coefficient (Wildman–Crippen LogP) is 4.04. The second-order valence-corrected chi connectivity index (χ2v) is 8.03. The van der Waals surface area contributed by atoms with Crippen LogP contribution in [0.25, 0.3) is 0 Å².